The second-order valence-electron chi connectivity index (χ2n) is 7.24. The Labute approximate surface area is 165 Å². The van der Waals surface area contributed by atoms with E-state index < -0.39 is 21.8 Å². The van der Waals surface area contributed by atoms with Crippen molar-refractivity contribution >= 4 is 33.2 Å². The number of ether oxygens (including phenoxy) is 1. The Morgan fingerprint density at radius 2 is 1.82 bits per heavy atom. The number of benzene rings is 1. The monoisotopic (exact) mass is 409 g/mol. The van der Waals surface area contributed by atoms with Crippen molar-refractivity contribution < 1.29 is 22.7 Å². The topological polar surface area (TPSA) is 105 Å². The Balaban J connectivity index is 1.73. The normalized spacial score (nSPS) is 19.7. The number of sulfonamides is 1. The molecule has 2 aliphatic rings. The van der Waals surface area contributed by atoms with Crippen LogP contribution in [0.25, 0.3) is 0 Å². The van der Waals surface area contributed by atoms with Gasteiger partial charge in [0.15, 0.2) is 0 Å². The van der Waals surface area contributed by atoms with Crippen LogP contribution < -0.4 is 19.7 Å². The predicted molar refractivity (Wildman–Crippen MR) is 107 cm³/mol. The molecular weight excluding hydrogens is 382 g/mol. The van der Waals surface area contributed by atoms with Crippen LogP contribution in [0, 0.1) is 0 Å². The van der Waals surface area contributed by atoms with Crippen LogP contribution in [0.4, 0.5) is 11.4 Å². The van der Waals surface area contributed by atoms with Gasteiger partial charge in [-0.25, -0.2) is 8.42 Å². The minimum absolute atomic E-state index is 0.0388. The minimum atomic E-state index is -3.43. The summed E-state index contributed by atoms with van der Waals surface area (Å²) in [4.78, 5) is 24.4. The van der Waals surface area contributed by atoms with Crippen LogP contribution in [0.15, 0.2) is 18.2 Å². The molecule has 3 rings (SSSR count). The molecule has 1 aromatic carbocycles. The van der Waals surface area contributed by atoms with Gasteiger partial charge in [0.2, 0.25) is 10.0 Å². The van der Waals surface area contributed by atoms with E-state index in [4.69, 9.17) is 4.74 Å². The van der Waals surface area contributed by atoms with Crippen molar-refractivity contribution in [3.63, 3.8) is 0 Å². The zero-order chi connectivity index (χ0) is 20.1. The molecule has 1 aliphatic heterocycles. The van der Waals surface area contributed by atoms with E-state index in [2.05, 4.69) is 10.6 Å². The molecule has 2 fully saturated rings. The number of rotatable bonds is 4. The van der Waals surface area contributed by atoms with Gasteiger partial charge in [0.05, 0.1) is 18.6 Å². The lowest BCUT2D eigenvalue weighted by atomic mass is 9.95. The molecule has 1 heterocycles. The Kier molecular flexibility index (Phi) is 6.43. The number of hydrogen-bond donors (Lipinski definition) is 2. The van der Waals surface area contributed by atoms with E-state index in [0.29, 0.717) is 30.1 Å². The standard InChI is InChI=1S/C19H27N3O5S/c1-27-17-10-9-15(13-16(17)22-11-5-6-12-28(22,25)26)21-19(24)18(23)20-14-7-3-2-4-8-14/h9-10,13-14H,2-8,11-12H2,1H3,(H,20,23)(H,21,24). The van der Waals surface area contributed by atoms with Crippen LogP contribution in [0.3, 0.4) is 0 Å². The molecule has 1 aromatic rings. The van der Waals surface area contributed by atoms with Gasteiger partial charge < -0.3 is 15.4 Å². The van der Waals surface area contributed by atoms with Gasteiger partial charge in [-0.05, 0) is 43.9 Å². The maximum absolute atomic E-state index is 12.4. The fraction of sp³-hybridized carbons (Fsp3) is 0.579. The largest absolute Gasteiger partial charge is 0.495 e. The average Bonchev–Trinajstić information content (AvgIpc) is 2.68. The lowest BCUT2D eigenvalue weighted by Crippen LogP contribution is -2.42. The zero-order valence-corrected chi connectivity index (χ0v) is 16.9. The van der Waals surface area contributed by atoms with Crippen molar-refractivity contribution in [2.24, 2.45) is 0 Å². The first-order chi connectivity index (χ1) is 13.4. The number of carbonyl (C=O) groups excluding carboxylic acids is 2. The van der Waals surface area contributed by atoms with Crippen molar-refractivity contribution in [1.29, 1.82) is 0 Å². The highest BCUT2D eigenvalue weighted by molar-refractivity contribution is 7.92. The van der Waals surface area contributed by atoms with Gasteiger partial charge in [-0.3, -0.25) is 13.9 Å². The van der Waals surface area contributed by atoms with Crippen molar-refractivity contribution in [3.05, 3.63) is 18.2 Å². The number of hydrogen-bond acceptors (Lipinski definition) is 5. The highest BCUT2D eigenvalue weighted by Gasteiger charge is 2.29. The molecular formula is C19H27N3O5S. The average molecular weight is 410 g/mol. The molecule has 0 radical (unpaired) electrons. The summed E-state index contributed by atoms with van der Waals surface area (Å²) in [5, 5.41) is 5.33. The highest BCUT2D eigenvalue weighted by Crippen LogP contribution is 2.35. The SMILES string of the molecule is COc1ccc(NC(=O)C(=O)NC2CCCCC2)cc1N1CCCCS1(=O)=O. The van der Waals surface area contributed by atoms with Crippen molar-refractivity contribution in [1.82, 2.24) is 5.32 Å². The summed E-state index contributed by atoms with van der Waals surface area (Å²) in [6.07, 6.45) is 6.42. The van der Waals surface area contributed by atoms with E-state index in [9.17, 15) is 18.0 Å². The number of nitrogens with one attached hydrogen (secondary N) is 2. The number of amides is 2. The van der Waals surface area contributed by atoms with Crippen molar-refractivity contribution in [3.8, 4) is 5.75 Å². The van der Waals surface area contributed by atoms with Crippen LogP contribution in [0.1, 0.15) is 44.9 Å². The number of anilines is 2. The van der Waals surface area contributed by atoms with Gasteiger partial charge >= 0.3 is 11.8 Å². The van der Waals surface area contributed by atoms with Gasteiger partial charge in [-0.2, -0.15) is 0 Å². The molecule has 28 heavy (non-hydrogen) atoms. The first-order valence-electron chi connectivity index (χ1n) is 9.71. The van der Waals surface area contributed by atoms with E-state index in [1.54, 1.807) is 12.1 Å². The first-order valence-corrected chi connectivity index (χ1v) is 11.3. The molecule has 0 unspecified atom stereocenters. The molecule has 2 N–H and O–H groups in total. The molecule has 8 nitrogen and oxygen atoms in total. The van der Waals surface area contributed by atoms with Gasteiger partial charge in [-0.15, -0.1) is 0 Å². The third kappa shape index (κ3) is 4.76. The smallest absolute Gasteiger partial charge is 0.313 e. The molecule has 1 aliphatic carbocycles. The lowest BCUT2D eigenvalue weighted by Gasteiger charge is -2.29. The Bertz CT molecular complexity index is 834. The Hall–Kier alpha value is -2.29. The van der Waals surface area contributed by atoms with Gasteiger partial charge in [-0.1, -0.05) is 19.3 Å². The molecule has 0 spiro atoms. The molecule has 2 amide bonds. The second kappa shape index (κ2) is 8.81. The maximum Gasteiger partial charge on any atom is 0.313 e. The summed E-state index contributed by atoms with van der Waals surface area (Å²) in [5.41, 5.74) is 0.716. The minimum Gasteiger partial charge on any atom is -0.495 e. The summed E-state index contributed by atoms with van der Waals surface area (Å²) in [5.74, 6) is -0.954. The van der Waals surface area contributed by atoms with Gasteiger partial charge in [0.1, 0.15) is 5.75 Å². The molecule has 154 valence electrons. The zero-order valence-electron chi connectivity index (χ0n) is 16.1. The van der Waals surface area contributed by atoms with Crippen LogP contribution >= 0.6 is 0 Å². The second-order valence-corrected chi connectivity index (χ2v) is 9.26. The fourth-order valence-corrected chi connectivity index (χ4v) is 5.35. The lowest BCUT2D eigenvalue weighted by molar-refractivity contribution is -0.136. The highest BCUT2D eigenvalue weighted by atomic mass is 32.2. The van der Waals surface area contributed by atoms with Crippen LogP contribution in [0.2, 0.25) is 0 Å². The van der Waals surface area contributed by atoms with Gasteiger partial charge in [0.25, 0.3) is 0 Å². The summed E-state index contributed by atoms with van der Waals surface area (Å²) >= 11 is 0. The van der Waals surface area contributed by atoms with E-state index in [1.165, 1.54) is 17.5 Å². The van der Waals surface area contributed by atoms with E-state index >= 15 is 0 Å². The molecule has 9 heteroatoms. The maximum atomic E-state index is 12.4. The third-order valence-electron chi connectivity index (χ3n) is 5.20. The van der Waals surface area contributed by atoms with Crippen LogP contribution in [-0.4, -0.2) is 45.7 Å². The molecule has 0 bridgehead atoms. The fourth-order valence-electron chi connectivity index (χ4n) is 3.71. The number of carbonyl (C=O) groups is 2. The summed E-state index contributed by atoms with van der Waals surface area (Å²) in [6, 6.07) is 4.75. The molecule has 1 saturated carbocycles. The molecule has 0 aromatic heterocycles. The van der Waals surface area contributed by atoms with Crippen LogP contribution in [-0.2, 0) is 19.6 Å². The third-order valence-corrected chi connectivity index (χ3v) is 7.06. The van der Waals surface area contributed by atoms with E-state index in [-0.39, 0.29) is 11.8 Å². The van der Waals surface area contributed by atoms with Crippen LogP contribution in [0.5, 0.6) is 5.75 Å². The first kappa shape index (κ1) is 20.4. The Morgan fingerprint density at radius 1 is 1.07 bits per heavy atom. The number of nitrogens with zero attached hydrogens (tertiary/aromatic N) is 1. The Morgan fingerprint density at radius 3 is 2.50 bits per heavy atom. The number of methoxy groups -OCH3 is 1. The predicted octanol–water partition coefficient (Wildman–Crippen LogP) is 2.01. The van der Waals surface area contributed by atoms with Gasteiger partial charge in [0, 0.05) is 18.3 Å². The quantitative estimate of drug-likeness (QED) is 0.740. The van der Waals surface area contributed by atoms with E-state index in [1.807, 2.05) is 0 Å². The van der Waals surface area contributed by atoms with Crippen molar-refractivity contribution in [2.45, 2.75) is 51.0 Å². The summed E-state index contributed by atoms with van der Waals surface area (Å²) in [7, 11) is -1.97. The van der Waals surface area contributed by atoms with Crippen molar-refractivity contribution in [2.75, 3.05) is 29.0 Å². The summed E-state index contributed by atoms with van der Waals surface area (Å²) in [6.45, 7) is 0.359. The molecule has 1 saturated heterocycles. The summed E-state index contributed by atoms with van der Waals surface area (Å²) < 4.78 is 31.5. The van der Waals surface area contributed by atoms with E-state index in [0.717, 1.165) is 38.5 Å². The molecule has 0 atom stereocenters.